The van der Waals surface area contributed by atoms with E-state index in [1.54, 1.807) is 0 Å². The van der Waals surface area contributed by atoms with Crippen molar-refractivity contribution in [3.63, 3.8) is 0 Å². The van der Waals surface area contributed by atoms with Gasteiger partial charge in [-0.25, -0.2) is 0 Å². The number of likely N-dealkylation sites (tertiary alicyclic amines) is 1. The van der Waals surface area contributed by atoms with Gasteiger partial charge in [-0.15, -0.1) is 0 Å². The van der Waals surface area contributed by atoms with Crippen molar-refractivity contribution in [3.8, 4) is 0 Å². The first-order valence-corrected chi connectivity index (χ1v) is 4.91. The van der Waals surface area contributed by atoms with Gasteiger partial charge in [-0.3, -0.25) is 4.90 Å². The number of ether oxygens (including phenoxy) is 1. The van der Waals surface area contributed by atoms with Crippen LogP contribution in [0.2, 0.25) is 0 Å². The second-order valence-electron chi connectivity index (χ2n) is 3.82. The van der Waals surface area contributed by atoms with E-state index in [4.69, 9.17) is 4.74 Å². The van der Waals surface area contributed by atoms with E-state index in [-0.39, 0.29) is 0 Å². The third-order valence-corrected chi connectivity index (χ3v) is 2.80. The highest BCUT2D eigenvalue weighted by Gasteiger charge is 2.32. The van der Waals surface area contributed by atoms with E-state index in [0.717, 1.165) is 19.6 Å². The lowest BCUT2D eigenvalue weighted by molar-refractivity contribution is -0.0375. The minimum Gasteiger partial charge on any atom is -0.372 e. The van der Waals surface area contributed by atoms with Gasteiger partial charge >= 0.3 is 0 Å². The molecule has 0 aromatic rings. The lowest BCUT2D eigenvalue weighted by Crippen LogP contribution is -2.44. The monoisotopic (exact) mass is 170 g/mol. The predicted molar refractivity (Wildman–Crippen MR) is 48.3 cm³/mol. The summed E-state index contributed by atoms with van der Waals surface area (Å²) in [6.45, 7) is 4.57. The van der Waals surface area contributed by atoms with Crippen molar-refractivity contribution in [2.75, 3.05) is 33.2 Å². The van der Waals surface area contributed by atoms with E-state index in [2.05, 4.69) is 10.2 Å². The molecular formula is C9H18N2O. The third kappa shape index (κ3) is 1.79. The van der Waals surface area contributed by atoms with Gasteiger partial charge in [-0.1, -0.05) is 0 Å². The van der Waals surface area contributed by atoms with Crippen molar-refractivity contribution < 1.29 is 4.74 Å². The van der Waals surface area contributed by atoms with Crippen LogP contribution in [0, 0.1) is 0 Å². The fraction of sp³-hybridized carbons (Fsp3) is 1.00. The molecule has 1 N–H and O–H groups in total. The quantitative estimate of drug-likeness (QED) is 0.648. The molecular weight excluding hydrogens is 152 g/mol. The van der Waals surface area contributed by atoms with Crippen LogP contribution in [0.15, 0.2) is 0 Å². The molecule has 3 nitrogen and oxygen atoms in total. The number of fused-ring (bicyclic) bond motifs is 2. The lowest BCUT2D eigenvalue weighted by atomic mass is 10.2. The average Bonchev–Trinajstić information content (AvgIpc) is 2.42. The topological polar surface area (TPSA) is 24.5 Å². The Morgan fingerprint density at radius 3 is 2.58 bits per heavy atom. The average molecular weight is 170 g/mol. The van der Waals surface area contributed by atoms with Crippen molar-refractivity contribution in [1.82, 2.24) is 10.2 Å². The highest BCUT2D eigenvalue weighted by atomic mass is 16.5. The van der Waals surface area contributed by atoms with Crippen LogP contribution in [0.1, 0.15) is 12.8 Å². The Morgan fingerprint density at radius 1 is 1.33 bits per heavy atom. The molecule has 0 aliphatic carbocycles. The molecule has 2 aliphatic heterocycles. The second-order valence-corrected chi connectivity index (χ2v) is 3.82. The molecule has 0 saturated carbocycles. The molecule has 2 bridgehead atoms. The van der Waals surface area contributed by atoms with Crippen LogP contribution < -0.4 is 5.32 Å². The maximum absolute atomic E-state index is 5.75. The Hall–Kier alpha value is -0.120. The van der Waals surface area contributed by atoms with Gasteiger partial charge in [-0.2, -0.15) is 0 Å². The summed E-state index contributed by atoms with van der Waals surface area (Å²) in [5.41, 5.74) is 0. The molecule has 12 heavy (non-hydrogen) atoms. The van der Waals surface area contributed by atoms with Crippen LogP contribution >= 0.6 is 0 Å². The Labute approximate surface area is 74.1 Å². The SMILES string of the molecule is CNCCN1CC2CCC(C1)O2. The smallest absolute Gasteiger partial charge is 0.0707 e. The highest BCUT2D eigenvalue weighted by molar-refractivity contribution is 4.84. The van der Waals surface area contributed by atoms with Crippen molar-refractivity contribution >= 4 is 0 Å². The first-order chi connectivity index (χ1) is 5.88. The lowest BCUT2D eigenvalue weighted by Gasteiger charge is -2.31. The predicted octanol–water partition coefficient (Wildman–Crippen LogP) is 0.0690. The molecule has 0 amide bonds. The molecule has 0 aromatic carbocycles. The van der Waals surface area contributed by atoms with E-state index >= 15 is 0 Å². The Morgan fingerprint density at radius 2 is 2.00 bits per heavy atom. The second kappa shape index (κ2) is 3.73. The molecule has 2 atom stereocenters. The minimum absolute atomic E-state index is 0.542. The summed E-state index contributed by atoms with van der Waals surface area (Å²) in [6, 6.07) is 0. The summed E-state index contributed by atoms with van der Waals surface area (Å²) in [5, 5.41) is 3.18. The maximum atomic E-state index is 5.75. The normalized spacial score (nSPS) is 35.8. The third-order valence-electron chi connectivity index (χ3n) is 2.80. The molecule has 70 valence electrons. The number of nitrogens with one attached hydrogen (secondary N) is 1. The first kappa shape index (κ1) is 8.48. The standard InChI is InChI=1S/C9H18N2O/c1-10-4-5-11-6-8-2-3-9(7-11)12-8/h8-10H,2-7H2,1H3. The van der Waals surface area contributed by atoms with Crippen molar-refractivity contribution in [3.05, 3.63) is 0 Å². The molecule has 3 heteroatoms. The molecule has 2 unspecified atom stereocenters. The zero-order valence-electron chi connectivity index (χ0n) is 7.75. The van der Waals surface area contributed by atoms with Gasteiger partial charge in [0, 0.05) is 26.2 Å². The van der Waals surface area contributed by atoms with Crippen molar-refractivity contribution in [2.24, 2.45) is 0 Å². The van der Waals surface area contributed by atoms with E-state index in [9.17, 15) is 0 Å². The maximum Gasteiger partial charge on any atom is 0.0707 e. The molecule has 2 rings (SSSR count). The fourth-order valence-corrected chi connectivity index (χ4v) is 2.15. The summed E-state index contributed by atoms with van der Waals surface area (Å²) in [5.74, 6) is 0. The van der Waals surface area contributed by atoms with Crippen molar-refractivity contribution in [1.29, 1.82) is 0 Å². The summed E-state index contributed by atoms with van der Waals surface area (Å²) in [7, 11) is 2.01. The number of nitrogens with zero attached hydrogens (tertiary/aromatic N) is 1. The fourth-order valence-electron chi connectivity index (χ4n) is 2.15. The van der Waals surface area contributed by atoms with Gasteiger partial charge in [0.25, 0.3) is 0 Å². The van der Waals surface area contributed by atoms with Gasteiger partial charge in [0.2, 0.25) is 0 Å². The summed E-state index contributed by atoms with van der Waals surface area (Å²) in [6.07, 6.45) is 3.64. The first-order valence-electron chi connectivity index (χ1n) is 4.91. The van der Waals surface area contributed by atoms with Crippen LogP contribution in [-0.4, -0.2) is 50.3 Å². The van der Waals surface area contributed by atoms with E-state index in [0.29, 0.717) is 12.2 Å². The van der Waals surface area contributed by atoms with Gasteiger partial charge in [0.05, 0.1) is 12.2 Å². The largest absolute Gasteiger partial charge is 0.372 e. The number of likely N-dealkylation sites (N-methyl/N-ethyl adjacent to an activating group) is 1. The number of morpholine rings is 1. The van der Waals surface area contributed by atoms with Crippen molar-refractivity contribution in [2.45, 2.75) is 25.0 Å². The highest BCUT2D eigenvalue weighted by Crippen LogP contribution is 2.25. The van der Waals surface area contributed by atoms with Crippen LogP contribution in [-0.2, 0) is 4.74 Å². The Balaban J connectivity index is 1.78. The number of rotatable bonds is 3. The van der Waals surface area contributed by atoms with Gasteiger partial charge in [0.1, 0.15) is 0 Å². The van der Waals surface area contributed by atoms with Crippen LogP contribution in [0.4, 0.5) is 0 Å². The van der Waals surface area contributed by atoms with Crippen LogP contribution in [0.5, 0.6) is 0 Å². The summed E-state index contributed by atoms with van der Waals surface area (Å²) >= 11 is 0. The summed E-state index contributed by atoms with van der Waals surface area (Å²) in [4.78, 5) is 2.52. The van der Waals surface area contributed by atoms with E-state index < -0.39 is 0 Å². The van der Waals surface area contributed by atoms with E-state index in [1.165, 1.54) is 19.4 Å². The Kier molecular flexibility index (Phi) is 2.63. The zero-order valence-corrected chi connectivity index (χ0v) is 7.75. The van der Waals surface area contributed by atoms with Crippen LogP contribution in [0.25, 0.3) is 0 Å². The molecule has 2 fully saturated rings. The molecule has 0 aromatic heterocycles. The Bertz CT molecular complexity index is 139. The summed E-state index contributed by atoms with van der Waals surface area (Å²) < 4.78 is 5.75. The van der Waals surface area contributed by atoms with Gasteiger partial charge in [0.15, 0.2) is 0 Å². The van der Waals surface area contributed by atoms with Gasteiger partial charge in [-0.05, 0) is 19.9 Å². The zero-order chi connectivity index (χ0) is 8.39. The molecule has 2 saturated heterocycles. The minimum atomic E-state index is 0.542. The van der Waals surface area contributed by atoms with Crippen LogP contribution in [0.3, 0.4) is 0 Å². The number of hydrogen-bond donors (Lipinski definition) is 1. The van der Waals surface area contributed by atoms with Gasteiger partial charge < -0.3 is 10.1 Å². The molecule has 2 aliphatic rings. The number of hydrogen-bond acceptors (Lipinski definition) is 3. The molecule has 2 heterocycles. The molecule has 0 radical (unpaired) electrons. The molecule has 0 spiro atoms. The van der Waals surface area contributed by atoms with E-state index in [1.807, 2.05) is 7.05 Å².